The minimum atomic E-state index is -0.371. The highest BCUT2D eigenvalue weighted by atomic mass is 35.5. The number of halogens is 3. The van der Waals surface area contributed by atoms with Gasteiger partial charge in [-0.3, -0.25) is 9.36 Å². The van der Waals surface area contributed by atoms with Crippen LogP contribution in [0, 0.1) is 5.82 Å². The van der Waals surface area contributed by atoms with Gasteiger partial charge in [-0.2, -0.15) is 10.2 Å². The van der Waals surface area contributed by atoms with Gasteiger partial charge in [-0.1, -0.05) is 41.4 Å². The SMILES string of the molecule is Fc1ccc(Cn2ccc(NC(=S)Nc3cnn(Cc4cccc(Cl)c4)c3)n2)c(Cl)c1. The third kappa shape index (κ3) is 5.81. The molecule has 4 rings (SSSR count). The van der Waals surface area contributed by atoms with Crippen molar-refractivity contribution in [3.63, 3.8) is 0 Å². The number of aromatic nitrogens is 4. The third-order valence-corrected chi connectivity index (χ3v) is 5.15. The fourth-order valence-electron chi connectivity index (χ4n) is 2.96. The quantitative estimate of drug-likeness (QED) is 0.364. The lowest BCUT2D eigenvalue weighted by atomic mass is 10.2. The monoisotopic (exact) mass is 474 g/mol. The Labute approximate surface area is 193 Å². The number of rotatable bonds is 6. The maximum atomic E-state index is 13.2. The van der Waals surface area contributed by atoms with Crippen molar-refractivity contribution in [2.75, 3.05) is 10.6 Å². The zero-order valence-corrected chi connectivity index (χ0v) is 18.4. The Morgan fingerprint density at radius 3 is 2.71 bits per heavy atom. The molecule has 0 aliphatic carbocycles. The molecule has 0 aliphatic rings. The molecule has 0 radical (unpaired) electrons. The first-order valence-corrected chi connectivity index (χ1v) is 10.4. The highest BCUT2D eigenvalue weighted by Gasteiger charge is 2.07. The van der Waals surface area contributed by atoms with Crippen LogP contribution < -0.4 is 10.6 Å². The number of benzene rings is 2. The zero-order valence-electron chi connectivity index (χ0n) is 16.1. The van der Waals surface area contributed by atoms with E-state index in [4.69, 9.17) is 35.4 Å². The van der Waals surface area contributed by atoms with Gasteiger partial charge in [-0.05, 0) is 47.6 Å². The summed E-state index contributed by atoms with van der Waals surface area (Å²) >= 11 is 17.5. The van der Waals surface area contributed by atoms with E-state index >= 15 is 0 Å². The van der Waals surface area contributed by atoms with Gasteiger partial charge in [0.05, 0.1) is 25.0 Å². The molecular formula is C21H17Cl2FN6S. The van der Waals surface area contributed by atoms with Crippen LogP contribution in [0.15, 0.2) is 67.1 Å². The first kappa shape index (κ1) is 21.3. The van der Waals surface area contributed by atoms with Gasteiger partial charge in [0.1, 0.15) is 5.82 Å². The number of hydrogen-bond acceptors (Lipinski definition) is 3. The van der Waals surface area contributed by atoms with Crippen molar-refractivity contribution in [2.24, 2.45) is 0 Å². The standard InChI is InChI=1S/C21H17Cl2FN6S/c22-16-3-1-2-14(8-16)11-30-13-18(10-25-30)26-21(31)27-20-6-7-29(28-20)12-15-4-5-17(24)9-19(15)23/h1-10,13H,11-12H2,(H2,26,27,28,31). The van der Waals surface area contributed by atoms with Crippen LogP contribution in [0.4, 0.5) is 15.9 Å². The highest BCUT2D eigenvalue weighted by Crippen LogP contribution is 2.19. The molecule has 0 fully saturated rings. The van der Waals surface area contributed by atoms with Crippen molar-refractivity contribution in [3.8, 4) is 0 Å². The van der Waals surface area contributed by atoms with Gasteiger partial charge >= 0.3 is 0 Å². The summed E-state index contributed by atoms with van der Waals surface area (Å²) in [6.45, 7) is 1.01. The molecular weight excluding hydrogens is 458 g/mol. The summed E-state index contributed by atoms with van der Waals surface area (Å²) in [4.78, 5) is 0. The summed E-state index contributed by atoms with van der Waals surface area (Å²) in [7, 11) is 0. The first-order valence-electron chi connectivity index (χ1n) is 9.27. The summed E-state index contributed by atoms with van der Waals surface area (Å²) in [5.74, 6) is 0.200. The Morgan fingerprint density at radius 2 is 1.90 bits per heavy atom. The van der Waals surface area contributed by atoms with Crippen LogP contribution >= 0.6 is 35.4 Å². The van der Waals surface area contributed by atoms with E-state index in [1.165, 1.54) is 12.1 Å². The van der Waals surface area contributed by atoms with E-state index in [1.807, 2.05) is 30.5 Å². The molecule has 0 amide bonds. The van der Waals surface area contributed by atoms with E-state index in [1.54, 1.807) is 33.9 Å². The van der Waals surface area contributed by atoms with Crippen LogP contribution in [-0.4, -0.2) is 24.7 Å². The van der Waals surface area contributed by atoms with E-state index in [2.05, 4.69) is 20.8 Å². The van der Waals surface area contributed by atoms with E-state index in [0.29, 0.717) is 34.1 Å². The third-order valence-electron chi connectivity index (χ3n) is 4.35. The van der Waals surface area contributed by atoms with Gasteiger partial charge in [0.15, 0.2) is 10.9 Å². The second-order valence-corrected chi connectivity index (χ2v) is 8.02. The van der Waals surface area contributed by atoms with Crippen molar-refractivity contribution in [2.45, 2.75) is 13.1 Å². The zero-order chi connectivity index (χ0) is 21.8. The van der Waals surface area contributed by atoms with Gasteiger partial charge < -0.3 is 10.6 Å². The molecule has 6 nitrogen and oxygen atoms in total. The Balaban J connectivity index is 1.33. The van der Waals surface area contributed by atoms with Crippen molar-refractivity contribution in [3.05, 3.63) is 94.1 Å². The predicted molar refractivity (Wildman–Crippen MR) is 125 cm³/mol. The Hall–Kier alpha value is -2.94. The van der Waals surface area contributed by atoms with Gasteiger partial charge in [0, 0.05) is 28.5 Å². The Kier molecular flexibility index (Phi) is 6.50. The van der Waals surface area contributed by atoms with Crippen molar-refractivity contribution >= 4 is 52.0 Å². The minimum absolute atomic E-state index is 0.358. The van der Waals surface area contributed by atoms with Crippen LogP contribution in [0.3, 0.4) is 0 Å². The number of thiocarbonyl (C=S) groups is 1. The molecule has 4 aromatic rings. The van der Waals surface area contributed by atoms with Gasteiger partial charge in [-0.15, -0.1) is 0 Å². The highest BCUT2D eigenvalue weighted by molar-refractivity contribution is 7.80. The fourth-order valence-corrected chi connectivity index (χ4v) is 3.62. The molecule has 0 unspecified atom stereocenters. The summed E-state index contributed by atoms with van der Waals surface area (Å²) in [6.07, 6.45) is 5.32. The number of anilines is 2. The molecule has 2 aromatic heterocycles. The second-order valence-electron chi connectivity index (χ2n) is 6.77. The molecule has 2 aromatic carbocycles. The van der Waals surface area contributed by atoms with Crippen LogP contribution in [0.2, 0.25) is 10.0 Å². The van der Waals surface area contributed by atoms with E-state index < -0.39 is 0 Å². The lowest BCUT2D eigenvalue weighted by Crippen LogP contribution is -2.19. The summed E-state index contributed by atoms with van der Waals surface area (Å²) in [5.41, 5.74) is 2.57. The lowest BCUT2D eigenvalue weighted by Gasteiger charge is -2.07. The van der Waals surface area contributed by atoms with Crippen molar-refractivity contribution in [1.82, 2.24) is 19.6 Å². The van der Waals surface area contributed by atoms with E-state index in [0.717, 1.165) is 16.8 Å². The number of nitrogens with zero attached hydrogens (tertiary/aromatic N) is 4. The van der Waals surface area contributed by atoms with Gasteiger partial charge in [0.2, 0.25) is 0 Å². The average molecular weight is 475 g/mol. The Bertz CT molecular complexity index is 1220. The maximum absolute atomic E-state index is 13.2. The minimum Gasteiger partial charge on any atom is -0.330 e. The largest absolute Gasteiger partial charge is 0.330 e. The van der Waals surface area contributed by atoms with Gasteiger partial charge in [-0.25, -0.2) is 4.39 Å². The normalized spacial score (nSPS) is 10.8. The molecule has 0 saturated carbocycles. The number of hydrogen-bond donors (Lipinski definition) is 2. The van der Waals surface area contributed by atoms with Crippen LogP contribution in [0.5, 0.6) is 0 Å². The molecule has 0 aliphatic heterocycles. The molecule has 0 saturated heterocycles. The molecule has 0 spiro atoms. The predicted octanol–water partition coefficient (Wildman–Crippen LogP) is 5.43. The Morgan fingerprint density at radius 1 is 1.03 bits per heavy atom. The smallest absolute Gasteiger partial charge is 0.176 e. The van der Waals surface area contributed by atoms with Crippen LogP contribution in [0.1, 0.15) is 11.1 Å². The maximum Gasteiger partial charge on any atom is 0.176 e. The van der Waals surface area contributed by atoms with Crippen LogP contribution in [0.25, 0.3) is 0 Å². The van der Waals surface area contributed by atoms with Crippen LogP contribution in [-0.2, 0) is 13.1 Å². The first-order chi connectivity index (χ1) is 14.9. The van der Waals surface area contributed by atoms with Crippen molar-refractivity contribution < 1.29 is 4.39 Å². The summed E-state index contributed by atoms with van der Waals surface area (Å²) < 4.78 is 16.7. The average Bonchev–Trinajstić information content (AvgIpc) is 3.33. The summed E-state index contributed by atoms with van der Waals surface area (Å²) in [5, 5.41) is 16.3. The van der Waals surface area contributed by atoms with Gasteiger partial charge in [0.25, 0.3) is 0 Å². The number of nitrogens with one attached hydrogen (secondary N) is 2. The molecule has 10 heteroatoms. The second kappa shape index (κ2) is 9.47. The van der Waals surface area contributed by atoms with E-state index in [9.17, 15) is 4.39 Å². The topological polar surface area (TPSA) is 59.7 Å². The molecule has 0 bridgehead atoms. The van der Waals surface area contributed by atoms with Crippen molar-refractivity contribution in [1.29, 1.82) is 0 Å². The molecule has 2 heterocycles. The van der Waals surface area contributed by atoms with E-state index in [-0.39, 0.29) is 5.82 Å². The molecule has 0 atom stereocenters. The lowest BCUT2D eigenvalue weighted by molar-refractivity contribution is 0.624. The molecule has 2 N–H and O–H groups in total. The summed E-state index contributed by atoms with van der Waals surface area (Å²) in [6, 6.07) is 13.7. The molecule has 31 heavy (non-hydrogen) atoms. The fraction of sp³-hybridized carbons (Fsp3) is 0.0952. The molecule has 158 valence electrons.